The molecule has 0 aliphatic rings. The quantitative estimate of drug-likeness (QED) is 0.591. The molecular weight excluding hydrogens is 336 g/mol. The Balaban J connectivity index is 1.63. The fourth-order valence-electron chi connectivity index (χ4n) is 3.33. The molecule has 27 heavy (non-hydrogen) atoms. The molecule has 0 aliphatic carbocycles. The average Bonchev–Trinajstić information content (AvgIpc) is 2.97. The number of hydrogen-bond acceptors (Lipinski definition) is 3. The Bertz CT molecular complexity index is 1110. The van der Waals surface area contributed by atoms with Crippen LogP contribution < -0.4 is 5.32 Å². The Hall–Kier alpha value is -3.47. The largest absolute Gasteiger partial charge is 0.342 e. The molecule has 1 N–H and O–H groups in total. The van der Waals surface area contributed by atoms with E-state index in [2.05, 4.69) is 19.9 Å². The Labute approximate surface area is 157 Å². The van der Waals surface area contributed by atoms with Crippen LogP contribution in [0.25, 0.3) is 10.9 Å². The molecule has 0 unspecified atom stereocenters. The number of amides is 1. The molecule has 3 heterocycles. The normalized spacial score (nSPS) is 10.9. The number of fused-ring (bicyclic) bond motifs is 1. The number of aromatic nitrogens is 3. The number of anilines is 1. The second-order valence-electron chi connectivity index (χ2n) is 6.52. The highest BCUT2D eigenvalue weighted by atomic mass is 16.1. The Morgan fingerprint density at radius 2 is 1.85 bits per heavy atom. The van der Waals surface area contributed by atoms with Gasteiger partial charge in [0.1, 0.15) is 0 Å². The second kappa shape index (κ2) is 7.03. The lowest BCUT2D eigenvalue weighted by atomic mass is 10.1. The maximum absolute atomic E-state index is 12.9. The van der Waals surface area contributed by atoms with E-state index in [1.807, 2.05) is 68.4 Å². The first-order valence-corrected chi connectivity index (χ1v) is 8.85. The van der Waals surface area contributed by atoms with Gasteiger partial charge in [-0.1, -0.05) is 12.1 Å². The number of pyridine rings is 2. The smallest absolute Gasteiger partial charge is 0.257 e. The van der Waals surface area contributed by atoms with Gasteiger partial charge in [-0.3, -0.25) is 14.8 Å². The van der Waals surface area contributed by atoms with E-state index in [0.717, 1.165) is 33.7 Å². The topological polar surface area (TPSA) is 59.8 Å². The zero-order valence-corrected chi connectivity index (χ0v) is 15.3. The monoisotopic (exact) mass is 356 g/mol. The van der Waals surface area contributed by atoms with Crippen LogP contribution in [0.2, 0.25) is 0 Å². The van der Waals surface area contributed by atoms with Crippen LogP contribution in [-0.2, 0) is 6.54 Å². The third-order valence-electron chi connectivity index (χ3n) is 4.76. The summed E-state index contributed by atoms with van der Waals surface area (Å²) in [6.45, 7) is 4.62. The summed E-state index contributed by atoms with van der Waals surface area (Å²) >= 11 is 0. The number of aryl methyl sites for hydroxylation is 1. The lowest BCUT2D eigenvalue weighted by Gasteiger charge is -2.10. The highest BCUT2D eigenvalue weighted by Gasteiger charge is 2.17. The van der Waals surface area contributed by atoms with Crippen LogP contribution in [0.1, 0.15) is 27.4 Å². The van der Waals surface area contributed by atoms with Crippen molar-refractivity contribution in [2.45, 2.75) is 20.4 Å². The van der Waals surface area contributed by atoms with Gasteiger partial charge < -0.3 is 9.88 Å². The fraction of sp³-hybridized carbons (Fsp3) is 0.136. The van der Waals surface area contributed by atoms with E-state index < -0.39 is 0 Å². The molecule has 4 rings (SSSR count). The summed E-state index contributed by atoms with van der Waals surface area (Å²) in [5, 5.41) is 3.97. The minimum absolute atomic E-state index is 0.119. The lowest BCUT2D eigenvalue weighted by molar-refractivity contribution is 0.102. The number of hydrogen-bond donors (Lipinski definition) is 1. The van der Waals surface area contributed by atoms with Crippen LogP contribution in [0.3, 0.4) is 0 Å². The highest BCUT2D eigenvalue weighted by molar-refractivity contribution is 6.09. The zero-order valence-electron chi connectivity index (χ0n) is 15.3. The van der Waals surface area contributed by atoms with Gasteiger partial charge in [-0.05, 0) is 56.3 Å². The third-order valence-corrected chi connectivity index (χ3v) is 4.76. The van der Waals surface area contributed by atoms with Gasteiger partial charge in [0.05, 0.1) is 29.0 Å². The van der Waals surface area contributed by atoms with Gasteiger partial charge in [0.15, 0.2) is 0 Å². The predicted molar refractivity (Wildman–Crippen MR) is 107 cm³/mol. The molecule has 5 heteroatoms. The van der Waals surface area contributed by atoms with Crippen molar-refractivity contribution in [2.75, 3.05) is 5.32 Å². The molecule has 0 aliphatic heterocycles. The molecule has 134 valence electrons. The maximum atomic E-state index is 12.9. The molecule has 0 atom stereocenters. The van der Waals surface area contributed by atoms with Crippen molar-refractivity contribution < 1.29 is 4.79 Å². The van der Waals surface area contributed by atoms with Crippen LogP contribution in [0.4, 0.5) is 5.69 Å². The van der Waals surface area contributed by atoms with Crippen molar-refractivity contribution >= 4 is 22.5 Å². The van der Waals surface area contributed by atoms with Crippen molar-refractivity contribution in [1.82, 2.24) is 14.5 Å². The fourth-order valence-corrected chi connectivity index (χ4v) is 3.33. The van der Waals surface area contributed by atoms with Gasteiger partial charge in [0, 0.05) is 29.2 Å². The summed E-state index contributed by atoms with van der Waals surface area (Å²) in [4.78, 5) is 21.7. The van der Waals surface area contributed by atoms with Crippen molar-refractivity contribution in [3.63, 3.8) is 0 Å². The van der Waals surface area contributed by atoms with Crippen LogP contribution in [0.15, 0.2) is 67.0 Å². The summed E-state index contributed by atoms with van der Waals surface area (Å²) < 4.78 is 2.11. The molecule has 0 bridgehead atoms. The van der Waals surface area contributed by atoms with E-state index in [1.165, 1.54) is 0 Å². The van der Waals surface area contributed by atoms with Crippen molar-refractivity contribution in [2.24, 2.45) is 0 Å². The summed E-state index contributed by atoms with van der Waals surface area (Å²) in [5.41, 5.74) is 5.21. The van der Waals surface area contributed by atoms with Gasteiger partial charge >= 0.3 is 0 Å². The van der Waals surface area contributed by atoms with Crippen molar-refractivity contribution in [3.05, 3.63) is 89.6 Å². The van der Waals surface area contributed by atoms with Gasteiger partial charge in [-0.15, -0.1) is 0 Å². The van der Waals surface area contributed by atoms with Crippen LogP contribution in [0, 0.1) is 13.8 Å². The van der Waals surface area contributed by atoms with E-state index in [1.54, 1.807) is 12.4 Å². The first kappa shape index (κ1) is 17.0. The van der Waals surface area contributed by atoms with E-state index in [0.29, 0.717) is 12.1 Å². The number of rotatable bonds is 4. The van der Waals surface area contributed by atoms with E-state index >= 15 is 0 Å². The van der Waals surface area contributed by atoms with Gasteiger partial charge in [-0.2, -0.15) is 0 Å². The molecular formula is C22H20N4O. The van der Waals surface area contributed by atoms with Gasteiger partial charge in [0.2, 0.25) is 0 Å². The highest BCUT2D eigenvalue weighted by Crippen LogP contribution is 2.23. The maximum Gasteiger partial charge on any atom is 0.257 e. The molecule has 1 aromatic carbocycles. The molecule has 0 radical (unpaired) electrons. The van der Waals surface area contributed by atoms with Gasteiger partial charge in [-0.25, -0.2) is 0 Å². The summed E-state index contributed by atoms with van der Waals surface area (Å²) in [6, 6.07) is 17.3. The SMILES string of the molecule is Cc1cc(C(=O)Nc2cccc3ncccc23)c(C)n1Cc1ccccn1. The summed E-state index contributed by atoms with van der Waals surface area (Å²) in [5.74, 6) is -0.119. The van der Waals surface area contributed by atoms with Crippen molar-refractivity contribution in [1.29, 1.82) is 0 Å². The van der Waals surface area contributed by atoms with Gasteiger partial charge in [0.25, 0.3) is 5.91 Å². The summed E-state index contributed by atoms with van der Waals surface area (Å²) in [6.07, 6.45) is 3.53. The number of nitrogens with one attached hydrogen (secondary N) is 1. The second-order valence-corrected chi connectivity index (χ2v) is 6.52. The minimum Gasteiger partial charge on any atom is -0.342 e. The third kappa shape index (κ3) is 3.31. The summed E-state index contributed by atoms with van der Waals surface area (Å²) in [7, 11) is 0. The Morgan fingerprint density at radius 1 is 1.00 bits per heavy atom. The van der Waals surface area contributed by atoms with E-state index in [-0.39, 0.29) is 5.91 Å². The first-order chi connectivity index (χ1) is 13.1. The first-order valence-electron chi connectivity index (χ1n) is 8.85. The van der Waals surface area contributed by atoms with Crippen LogP contribution in [0.5, 0.6) is 0 Å². The zero-order chi connectivity index (χ0) is 18.8. The van der Waals surface area contributed by atoms with E-state index in [4.69, 9.17) is 0 Å². The molecule has 5 nitrogen and oxygen atoms in total. The molecule has 3 aromatic heterocycles. The molecule has 1 amide bonds. The molecule has 4 aromatic rings. The molecule has 0 saturated carbocycles. The minimum atomic E-state index is -0.119. The number of nitrogens with zero attached hydrogens (tertiary/aromatic N) is 3. The average molecular weight is 356 g/mol. The predicted octanol–water partition coefficient (Wildman–Crippen LogP) is 4.35. The molecule has 0 spiro atoms. The van der Waals surface area contributed by atoms with Crippen molar-refractivity contribution in [3.8, 4) is 0 Å². The Morgan fingerprint density at radius 3 is 2.67 bits per heavy atom. The number of carbonyl (C=O) groups is 1. The van der Waals surface area contributed by atoms with Crippen LogP contribution in [-0.4, -0.2) is 20.4 Å². The number of carbonyl (C=O) groups excluding carboxylic acids is 1. The number of benzene rings is 1. The van der Waals surface area contributed by atoms with Crippen LogP contribution >= 0.6 is 0 Å². The van der Waals surface area contributed by atoms with E-state index in [9.17, 15) is 4.79 Å². The molecule has 0 fully saturated rings. The lowest BCUT2D eigenvalue weighted by Crippen LogP contribution is -2.14. The molecule has 0 saturated heterocycles. The Kier molecular flexibility index (Phi) is 4.42. The standard InChI is InChI=1S/C22H20N4O/c1-15-13-19(16(2)26(15)14-17-7-3-4-11-23-17)22(27)25-21-10-5-9-20-18(21)8-6-12-24-20/h3-13H,14H2,1-2H3,(H,25,27).